The standard InChI is InChI=1S/C18H20ClFN6S/c1-10-17(23-18(27)22-16-8-21-25(4)11(16)2)12(3)26(24-10)9-13-5-6-14(20)7-15(13)19/h5-8H,9H2,1-4H3,(H2,22,23,27). The normalized spacial score (nSPS) is 10.9. The Balaban J connectivity index is 1.77. The molecule has 0 fully saturated rings. The Bertz CT molecular complexity index is 1010. The Morgan fingerprint density at radius 3 is 2.59 bits per heavy atom. The third-order valence-electron chi connectivity index (χ3n) is 4.44. The van der Waals surface area contributed by atoms with Gasteiger partial charge in [0.05, 0.1) is 41.2 Å². The summed E-state index contributed by atoms with van der Waals surface area (Å²) in [6.45, 7) is 6.24. The van der Waals surface area contributed by atoms with Crippen molar-refractivity contribution in [1.29, 1.82) is 0 Å². The molecule has 3 aromatic rings. The average molecular weight is 407 g/mol. The second-order valence-corrected chi connectivity index (χ2v) is 7.10. The number of rotatable bonds is 4. The van der Waals surface area contributed by atoms with Crippen molar-refractivity contribution in [2.75, 3.05) is 10.6 Å². The van der Waals surface area contributed by atoms with Crippen LogP contribution in [-0.4, -0.2) is 24.7 Å². The molecule has 6 nitrogen and oxygen atoms in total. The van der Waals surface area contributed by atoms with Crippen LogP contribution >= 0.6 is 23.8 Å². The third-order valence-corrected chi connectivity index (χ3v) is 4.99. The molecule has 2 N–H and O–H groups in total. The number of halogens is 2. The van der Waals surface area contributed by atoms with E-state index in [-0.39, 0.29) is 5.82 Å². The maximum absolute atomic E-state index is 13.2. The summed E-state index contributed by atoms with van der Waals surface area (Å²) in [5, 5.41) is 15.9. The van der Waals surface area contributed by atoms with E-state index in [2.05, 4.69) is 20.8 Å². The zero-order chi connectivity index (χ0) is 19.7. The number of nitrogens with zero attached hydrogens (tertiary/aromatic N) is 4. The highest BCUT2D eigenvalue weighted by Crippen LogP contribution is 2.24. The topological polar surface area (TPSA) is 59.7 Å². The molecule has 0 saturated carbocycles. The first-order valence-corrected chi connectivity index (χ1v) is 9.09. The number of anilines is 2. The van der Waals surface area contributed by atoms with Crippen LogP contribution in [0, 0.1) is 26.6 Å². The van der Waals surface area contributed by atoms with E-state index >= 15 is 0 Å². The number of thiocarbonyl (C=S) groups is 1. The molecule has 0 bridgehead atoms. The van der Waals surface area contributed by atoms with Gasteiger partial charge >= 0.3 is 0 Å². The van der Waals surface area contributed by atoms with Gasteiger partial charge in [0.25, 0.3) is 0 Å². The molecule has 0 atom stereocenters. The highest BCUT2D eigenvalue weighted by Gasteiger charge is 2.15. The molecule has 0 amide bonds. The van der Waals surface area contributed by atoms with Crippen molar-refractivity contribution in [3.05, 3.63) is 57.9 Å². The van der Waals surface area contributed by atoms with Gasteiger partial charge in [0.2, 0.25) is 0 Å². The minimum absolute atomic E-state index is 0.360. The minimum atomic E-state index is -0.360. The van der Waals surface area contributed by atoms with Crippen molar-refractivity contribution >= 4 is 40.3 Å². The minimum Gasteiger partial charge on any atom is -0.330 e. The second-order valence-electron chi connectivity index (χ2n) is 6.29. The van der Waals surface area contributed by atoms with Crippen LogP contribution < -0.4 is 10.6 Å². The van der Waals surface area contributed by atoms with Crippen LogP contribution in [0.5, 0.6) is 0 Å². The molecule has 3 rings (SSSR count). The van der Waals surface area contributed by atoms with Gasteiger partial charge in [-0.15, -0.1) is 0 Å². The van der Waals surface area contributed by atoms with Crippen molar-refractivity contribution in [2.24, 2.45) is 7.05 Å². The van der Waals surface area contributed by atoms with Crippen LogP contribution in [0.3, 0.4) is 0 Å². The first-order chi connectivity index (χ1) is 12.8. The molecule has 0 radical (unpaired) electrons. The van der Waals surface area contributed by atoms with Crippen LogP contribution in [0.2, 0.25) is 5.02 Å². The molecule has 0 saturated heterocycles. The van der Waals surface area contributed by atoms with Crippen LogP contribution in [-0.2, 0) is 13.6 Å². The number of nitrogens with one attached hydrogen (secondary N) is 2. The molecule has 27 heavy (non-hydrogen) atoms. The predicted octanol–water partition coefficient (Wildman–Crippen LogP) is 4.19. The van der Waals surface area contributed by atoms with Gasteiger partial charge in [-0.2, -0.15) is 10.2 Å². The first kappa shape index (κ1) is 19.3. The summed E-state index contributed by atoms with van der Waals surface area (Å²) in [5.74, 6) is -0.360. The highest BCUT2D eigenvalue weighted by atomic mass is 35.5. The lowest BCUT2D eigenvalue weighted by Gasteiger charge is -2.11. The summed E-state index contributed by atoms with van der Waals surface area (Å²) in [5.41, 5.74) is 5.15. The molecular weight excluding hydrogens is 387 g/mol. The van der Waals surface area contributed by atoms with Gasteiger partial charge in [0.1, 0.15) is 5.82 Å². The molecule has 0 aliphatic rings. The number of hydrogen-bond donors (Lipinski definition) is 2. The maximum atomic E-state index is 13.2. The van der Waals surface area contributed by atoms with Gasteiger partial charge in [-0.1, -0.05) is 17.7 Å². The fraction of sp³-hybridized carbons (Fsp3) is 0.278. The summed E-state index contributed by atoms with van der Waals surface area (Å²) in [7, 11) is 1.87. The summed E-state index contributed by atoms with van der Waals surface area (Å²) in [6.07, 6.45) is 1.73. The summed E-state index contributed by atoms with van der Waals surface area (Å²) in [6, 6.07) is 4.36. The summed E-state index contributed by atoms with van der Waals surface area (Å²) >= 11 is 11.6. The predicted molar refractivity (Wildman–Crippen MR) is 110 cm³/mol. The molecule has 2 heterocycles. The Hall–Kier alpha value is -2.45. The number of aryl methyl sites for hydroxylation is 2. The molecule has 142 valence electrons. The molecule has 1 aromatic carbocycles. The Morgan fingerprint density at radius 1 is 1.22 bits per heavy atom. The van der Waals surface area contributed by atoms with Crippen LogP contribution in [0.4, 0.5) is 15.8 Å². The van der Waals surface area contributed by atoms with Crippen molar-refractivity contribution in [1.82, 2.24) is 19.6 Å². The van der Waals surface area contributed by atoms with E-state index in [1.54, 1.807) is 16.9 Å². The van der Waals surface area contributed by atoms with Crippen LogP contribution in [0.15, 0.2) is 24.4 Å². The Kier molecular flexibility index (Phi) is 5.48. The van der Waals surface area contributed by atoms with E-state index in [1.165, 1.54) is 12.1 Å². The summed E-state index contributed by atoms with van der Waals surface area (Å²) < 4.78 is 16.8. The largest absolute Gasteiger partial charge is 0.330 e. The zero-order valence-corrected chi connectivity index (χ0v) is 17.0. The molecule has 0 aliphatic heterocycles. The smallest absolute Gasteiger partial charge is 0.175 e. The summed E-state index contributed by atoms with van der Waals surface area (Å²) in [4.78, 5) is 0. The Morgan fingerprint density at radius 2 is 1.96 bits per heavy atom. The van der Waals surface area contributed by atoms with Crippen molar-refractivity contribution in [2.45, 2.75) is 27.3 Å². The molecule has 0 unspecified atom stereocenters. The van der Waals surface area contributed by atoms with Gasteiger partial charge in [-0.3, -0.25) is 9.36 Å². The Labute approximate surface area is 167 Å². The fourth-order valence-electron chi connectivity index (χ4n) is 2.73. The number of benzene rings is 1. The lowest BCUT2D eigenvalue weighted by Crippen LogP contribution is -2.20. The SMILES string of the molecule is Cc1nn(Cc2ccc(F)cc2Cl)c(C)c1NC(=S)Nc1cnn(C)c1C. The molecular formula is C18H20ClFN6S. The molecule has 9 heteroatoms. The average Bonchev–Trinajstić information content (AvgIpc) is 3.05. The second kappa shape index (κ2) is 7.66. The monoisotopic (exact) mass is 406 g/mol. The molecule has 2 aromatic heterocycles. The maximum Gasteiger partial charge on any atom is 0.175 e. The fourth-order valence-corrected chi connectivity index (χ4v) is 3.17. The molecule has 0 aliphatic carbocycles. The van der Waals surface area contributed by atoms with Crippen molar-refractivity contribution in [3.8, 4) is 0 Å². The van der Waals surface area contributed by atoms with E-state index in [9.17, 15) is 4.39 Å². The quantitative estimate of drug-likeness (QED) is 0.636. The van der Waals surface area contributed by atoms with Gasteiger partial charge in [-0.05, 0) is 50.7 Å². The lowest BCUT2D eigenvalue weighted by atomic mass is 10.2. The van der Waals surface area contributed by atoms with Gasteiger partial charge < -0.3 is 10.6 Å². The van der Waals surface area contributed by atoms with Crippen LogP contribution in [0.1, 0.15) is 22.6 Å². The van der Waals surface area contributed by atoms with E-state index in [1.807, 2.05) is 32.5 Å². The molecule has 0 spiro atoms. The number of aromatic nitrogens is 4. The zero-order valence-electron chi connectivity index (χ0n) is 15.5. The van der Waals surface area contributed by atoms with E-state index in [4.69, 9.17) is 23.8 Å². The van der Waals surface area contributed by atoms with E-state index in [0.29, 0.717) is 16.7 Å². The third kappa shape index (κ3) is 4.12. The van der Waals surface area contributed by atoms with Crippen molar-refractivity contribution in [3.63, 3.8) is 0 Å². The van der Waals surface area contributed by atoms with E-state index < -0.39 is 0 Å². The van der Waals surface area contributed by atoms with Crippen LogP contribution in [0.25, 0.3) is 0 Å². The lowest BCUT2D eigenvalue weighted by molar-refractivity contribution is 0.622. The highest BCUT2D eigenvalue weighted by molar-refractivity contribution is 7.80. The van der Waals surface area contributed by atoms with E-state index in [0.717, 1.165) is 34.0 Å². The van der Waals surface area contributed by atoms with Crippen molar-refractivity contribution < 1.29 is 4.39 Å². The van der Waals surface area contributed by atoms with Gasteiger partial charge in [-0.25, -0.2) is 4.39 Å². The first-order valence-electron chi connectivity index (χ1n) is 8.30. The van der Waals surface area contributed by atoms with Gasteiger partial charge in [0, 0.05) is 12.1 Å². The van der Waals surface area contributed by atoms with Gasteiger partial charge in [0.15, 0.2) is 5.11 Å². The number of hydrogen-bond acceptors (Lipinski definition) is 3.